The van der Waals surface area contributed by atoms with Crippen molar-refractivity contribution in [2.45, 2.75) is 65.2 Å². The average molecular weight is 515 g/mol. The van der Waals surface area contributed by atoms with Crippen molar-refractivity contribution in [1.29, 1.82) is 0 Å². The van der Waals surface area contributed by atoms with Gasteiger partial charge in [-0.3, -0.25) is 4.79 Å². The van der Waals surface area contributed by atoms with Gasteiger partial charge < -0.3 is 9.26 Å². The zero-order valence-electron chi connectivity index (χ0n) is 20.5. The van der Waals surface area contributed by atoms with Gasteiger partial charge in [0.2, 0.25) is 0 Å². The standard InChI is InChI=1S/C28H35O3PS2/c1-27-14-12-19(29)16-18(27)4-9-22-23-10-11-25(28(23,2)15-13-24(22)27)26-17-31-32(33,34-26)21-7-5-20(30-3)6-8-21/h5-8,16,22-24H,4,9-15,17H2,1-3H3/t22-,23-,24-,27-,28-,32?/m0/s1. The summed E-state index contributed by atoms with van der Waals surface area (Å²) < 4.78 is 11.7. The van der Waals surface area contributed by atoms with Crippen molar-refractivity contribution < 1.29 is 14.1 Å². The SMILES string of the molecule is COc1ccc(P2(=S)OCC(=C3CC[C@H]4[C@@H]5CCC6=CC(=O)CC[C@]6(C)[C@H]5CC[C@]34C)S2)cc1. The molecule has 1 aromatic carbocycles. The number of hydrogen-bond acceptors (Lipinski definition) is 5. The molecule has 0 spiro atoms. The second-order valence-corrected chi connectivity index (χ2v) is 18.2. The van der Waals surface area contributed by atoms with Crippen LogP contribution in [0.4, 0.5) is 0 Å². The van der Waals surface area contributed by atoms with Crippen molar-refractivity contribution in [2.24, 2.45) is 28.6 Å². The van der Waals surface area contributed by atoms with Crippen LogP contribution in [0, 0.1) is 28.6 Å². The van der Waals surface area contributed by atoms with E-state index in [2.05, 4.69) is 26.0 Å². The second kappa shape index (κ2) is 8.33. The molecule has 3 nitrogen and oxygen atoms in total. The molecule has 4 aliphatic carbocycles. The van der Waals surface area contributed by atoms with Gasteiger partial charge in [-0.2, -0.15) is 0 Å². The Hall–Kier alpha value is -0.870. The molecule has 1 saturated heterocycles. The maximum Gasteiger partial charge on any atom is 0.155 e. The molecule has 5 aliphatic rings. The van der Waals surface area contributed by atoms with Gasteiger partial charge in [0.1, 0.15) is 5.75 Å². The number of methoxy groups -OCH3 is 1. The maximum atomic E-state index is 12.1. The normalized spacial score (nSPS) is 43.7. The Kier molecular flexibility index (Phi) is 5.76. The molecule has 1 heterocycles. The highest BCUT2D eigenvalue weighted by molar-refractivity contribution is 8.73. The Morgan fingerprint density at radius 1 is 1.03 bits per heavy atom. The van der Waals surface area contributed by atoms with Crippen molar-refractivity contribution in [2.75, 3.05) is 13.7 Å². The van der Waals surface area contributed by atoms with E-state index < -0.39 is 5.47 Å². The molecule has 0 amide bonds. The van der Waals surface area contributed by atoms with Crippen LogP contribution in [-0.2, 0) is 21.1 Å². The Balaban J connectivity index is 1.27. The number of allylic oxidation sites excluding steroid dienone is 2. The van der Waals surface area contributed by atoms with Crippen molar-refractivity contribution in [3.63, 3.8) is 0 Å². The largest absolute Gasteiger partial charge is 0.497 e. The Labute approximate surface area is 213 Å². The minimum absolute atomic E-state index is 0.245. The second-order valence-electron chi connectivity index (χ2n) is 11.4. The fourth-order valence-electron chi connectivity index (χ4n) is 8.21. The molecule has 6 heteroatoms. The molecule has 0 aromatic heterocycles. The molecule has 0 bridgehead atoms. The molecule has 1 aliphatic heterocycles. The third-order valence-corrected chi connectivity index (χ3v) is 16.2. The summed E-state index contributed by atoms with van der Waals surface area (Å²) in [5, 5.41) is 1.14. The maximum absolute atomic E-state index is 12.1. The van der Waals surface area contributed by atoms with Gasteiger partial charge in [0.05, 0.1) is 13.7 Å². The van der Waals surface area contributed by atoms with Crippen molar-refractivity contribution in [3.8, 4) is 5.75 Å². The fourth-order valence-corrected chi connectivity index (χ4v) is 14.0. The van der Waals surface area contributed by atoms with Gasteiger partial charge in [-0.25, -0.2) is 0 Å². The van der Waals surface area contributed by atoms with Crippen LogP contribution in [-0.4, -0.2) is 19.5 Å². The first-order valence-corrected chi connectivity index (χ1v) is 17.0. The van der Waals surface area contributed by atoms with Gasteiger partial charge in [-0.1, -0.05) is 48.2 Å². The van der Waals surface area contributed by atoms with Crippen LogP contribution in [0.2, 0.25) is 0 Å². The minimum Gasteiger partial charge on any atom is -0.497 e. The first-order chi connectivity index (χ1) is 16.3. The Morgan fingerprint density at radius 3 is 2.56 bits per heavy atom. The van der Waals surface area contributed by atoms with E-state index in [1.165, 1.54) is 42.6 Å². The zero-order valence-corrected chi connectivity index (χ0v) is 23.0. The fraction of sp³-hybridized carbons (Fsp3) is 0.607. The van der Waals surface area contributed by atoms with E-state index >= 15 is 0 Å². The zero-order chi connectivity index (χ0) is 23.7. The molecule has 1 unspecified atom stereocenters. The number of hydrogen-bond donors (Lipinski definition) is 0. The van der Waals surface area contributed by atoms with Crippen molar-refractivity contribution in [3.05, 3.63) is 46.4 Å². The lowest BCUT2D eigenvalue weighted by Crippen LogP contribution is -2.49. The Bertz CT molecular complexity index is 1140. The van der Waals surface area contributed by atoms with E-state index in [-0.39, 0.29) is 10.8 Å². The number of benzene rings is 1. The summed E-state index contributed by atoms with van der Waals surface area (Å²) in [7, 11) is 1.69. The summed E-state index contributed by atoms with van der Waals surface area (Å²) in [6.07, 6.45) is 11.3. The van der Waals surface area contributed by atoms with E-state index in [1.807, 2.05) is 29.6 Å². The average Bonchev–Trinajstić information content (AvgIpc) is 3.40. The van der Waals surface area contributed by atoms with E-state index in [4.69, 9.17) is 21.1 Å². The highest BCUT2D eigenvalue weighted by Gasteiger charge is 2.58. The van der Waals surface area contributed by atoms with Gasteiger partial charge in [0.15, 0.2) is 11.2 Å². The third kappa shape index (κ3) is 3.48. The number of rotatable bonds is 2. The van der Waals surface area contributed by atoms with E-state index in [1.54, 1.807) is 12.7 Å². The summed E-state index contributed by atoms with van der Waals surface area (Å²) in [6.45, 7) is 5.72. The van der Waals surface area contributed by atoms with Gasteiger partial charge >= 0.3 is 0 Å². The molecule has 4 fully saturated rings. The molecular formula is C28H35O3PS2. The van der Waals surface area contributed by atoms with Crippen LogP contribution >= 0.6 is 16.8 Å². The predicted molar refractivity (Wildman–Crippen MR) is 144 cm³/mol. The van der Waals surface area contributed by atoms with Gasteiger partial charge in [-0.15, -0.1) is 0 Å². The van der Waals surface area contributed by atoms with Crippen LogP contribution in [0.3, 0.4) is 0 Å². The lowest BCUT2D eigenvalue weighted by Gasteiger charge is -2.57. The number of fused-ring (bicyclic) bond motifs is 5. The number of ketones is 1. The molecule has 1 aromatic rings. The van der Waals surface area contributed by atoms with Crippen LogP contribution in [0.25, 0.3) is 0 Å². The Morgan fingerprint density at radius 2 is 1.79 bits per heavy atom. The lowest BCUT2D eigenvalue weighted by atomic mass is 9.47. The minimum atomic E-state index is -2.11. The third-order valence-electron chi connectivity index (χ3n) is 10.1. The summed E-state index contributed by atoms with van der Waals surface area (Å²) >= 11 is 8.01. The van der Waals surface area contributed by atoms with Gasteiger partial charge in [0.25, 0.3) is 0 Å². The summed E-state index contributed by atoms with van der Waals surface area (Å²) in [5.74, 6) is 3.48. The highest BCUT2D eigenvalue weighted by atomic mass is 32.9. The molecule has 3 saturated carbocycles. The van der Waals surface area contributed by atoms with Crippen LogP contribution in [0.5, 0.6) is 5.75 Å². The highest BCUT2D eigenvalue weighted by Crippen LogP contribution is 2.72. The molecule has 0 radical (unpaired) electrons. The van der Waals surface area contributed by atoms with Gasteiger partial charge in [-0.05, 0) is 104 Å². The first-order valence-electron chi connectivity index (χ1n) is 12.8. The lowest BCUT2D eigenvalue weighted by molar-refractivity contribution is -0.117. The monoisotopic (exact) mass is 514 g/mol. The van der Waals surface area contributed by atoms with Gasteiger partial charge in [0, 0.05) is 16.6 Å². The van der Waals surface area contributed by atoms with Crippen molar-refractivity contribution in [1.82, 2.24) is 0 Å². The predicted octanol–water partition coefficient (Wildman–Crippen LogP) is 7.18. The quantitative estimate of drug-likeness (QED) is 0.391. The van der Waals surface area contributed by atoms with Crippen LogP contribution in [0.1, 0.15) is 65.2 Å². The first kappa shape index (κ1) is 23.5. The molecule has 6 atom stereocenters. The molecule has 182 valence electrons. The molecule has 6 rings (SSSR count). The summed E-state index contributed by atoms with van der Waals surface area (Å²) in [6, 6.07) is 8.18. The summed E-state index contributed by atoms with van der Waals surface area (Å²) in [5.41, 5.74) is 1.54. The molecule has 0 N–H and O–H groups in total. The molecule has 34 heavy (non-hydrogen) atoms. The number of carbonyl (C=O) groups is 1. The van der Waals surface area contributed by atoms with Crippen LogP contribution < -0.4 is 10.0 Å². The number of carbonyl (C=O) groups excluding carboxylic acids is 1. The van der Waals surface area contributed by atoms with E-state index in [0.29, 0.717) is 12.4 Å². The van der Waals surface area contributed by atoms with Crippen LogP contribution in [0.15, 0.2) is 46.4 Å². The number of ether oxygens (including phenoxy) is 1. The summed E-state index contributed by atoms with van der Waals surface area (Å²) in [4.78, 5) is 13.6. The smallest absolute Gasteiger partial charge is 0.155 e. The van der Waals surface area contributed by atoms with Crippen molar-refractivity contribution >= 4 is 39.7 Å². The topological polar surface area (TPSA) is 35.5 Å². The van der Waals surface area contributed by atoms with E-state index in [9.17, 15) is 4.79 Å². The molecular weight excluding hydrogens is 479 g/mol. The van der Waals surface area contributed by atoms with E-state index in [0.717, 1.165) is 48.1 Å².